The molecular formula is C25H21F3N2O2. The molecule has 7 heteroatoms. The molecule has 0 bridgehead atoms. The van der Waals surface area contributed by atoms with E-state index in [9.17, 15) is 18.3 Å². The Morgan fingerprint density at radius 3 is 2.50 bits per heavy atom. The molecule has 0 saturated heterocycles. The molecule has 0 amide bonds. The number of nitrogens with zero attached hydrogens (tertiary/aromatic N) is 1. The monoisotopic (exact) mass is 438 g/mol. The Morgan fingerprint density at radius 1 is 1.03 bits per heavy atom. The zero-order valence-corrected chi connectivity index (χ0v) is 17.2. The fourth-order valence-corrected chi connectivity index (χ4v) is 3.42. The number of aromatic amines is 1. The maximum atomic E-state index is 12.2. The molecule has 0 aliphatic heterocycles. The number of imidazole rings is 1. The van der Waals surface area contributed by atoms with Gasteiger partial charge in [-0.05, 0) is 59.5 Å². The van der Waals surface area contributed by atoms with Gasteiger partial charge < -0.3 is 14.8 Å². The first-order valence-corrected chi connectivity index (χ1v) is 10.0. The molecule has 0 saturated carbocycles. The van der Waals surface area contributed by atoms with Crippen molar-refractivity contribution in [3.05, 3.63) is 83.7 Å². The van der Waals surface area contributed by atoms with Gasteiger partial charge in [0.15, 0.2) is 6.61 Å². The number of alkyl halides is 3. The van der Waals surface area contributed by atoms with E-state index in [4.69, 9.17) is 4.74 Å². The molecular weight excluding hydrogens is 417 g/mol. The first-order valence-electron chi connectivity index (χ1n) is 10.0. The number of aromatic nitrogens is 2. The number of nitrogens with one attached hydrogen (secondary N) is 1. The summed E-state index contributed by atoms with van der Waals surface area (Å²) in [6.07, 6.45) is -1.32. The van der Waals surface area contributed by atoms with E-state index in [1.165, 1.54) is 12.1 Å². The van der Waals surface area contributed by atoms with Crippen LogP contribution in [-0.2, 0) is 0 Å². The van der Waals surface area contributed by atoms with Gasteiger partial charge in [0.1, 0.15) is 11.6 Å². The normalized spacial score (nSPS) is 13.0. The zero-order valence-electron chi connectivity index (χ0n) is 17.2. The van der Waals surface area contributed by atoms with Crippen LogP contribution in [0, 0.1) is 0 Å². The SMILES string of the molecule is CC(O)c1ccccc1-c1ccc2nc(/C=C/c3ccc(OCC(F)(F)F)cc3)[nH]c2c1. The highest BCUT2D eigenvalue weighted by atomic mass is 19.4. The summed E-state index contributed by atoms with van der Waals surface area (Å²) in [5.74, 6) is 0.812. The smallest absolute Gasteiger partial charge is 0.422 e. The molecule has 4 nitrogen and oxygen atoms in total. The predicted molar refractivity (Wildman–Crippen MR) is 119 cm³/mol. The lowest BCUT2D eigenvalue weighted by molar-refractivity contribution is -0.153. The average molecular weight is 438 g/mol. The van der Waals surface area contributed by atoms with Crippen molar-refractivity contribution in [1.29, 1.82) is 0 Å². The van der Waals surface area contributed by atoms with Crippen LogP contribution in [0.1, 0.15) is 30.0 Å². The molecule has 0 aliphatic rings. The van der Waals surface area contributed by atoms with Crippen LogP contribution in [0.3, 0.4) is 0 Å². The molecule has 32 heavy (non-hydrogen) atoms. The molecule has 0 radical (unpaired) electrons. The summed E-state index contributed by atoms with van der Waals surface area (Å²) in [4.78, 5) is 7.82. The van der Waals surface area contributed by atoms with Crippen molar-refractivity contribution in [3.63, 3.8) is 0 Å². The maximum Gasteiger partial charge on any atom is 0.422 e. The summed E-state index contributed by atoms with van der Waals surface area (Å²) in [6.45, 7) is 0.427. The van der Waals surface area contributed by atoms with Gasteiger partial charge in [-0.15, -0.1) is 0 Å². The van der Waals surface area contributed by atoms with E-state index in [1.807, 2.05) is 48.5 Å². The summed E-state index contributed by atoms with van der Waals surface area (Å²) in [5, 5.41) is 10.1. The lowest BCUT2D eigenvalue weighted by atomic mass is 9.96. The van der Waals surface area contributed by atoms with Gasteiger partial charge in [0.2, 0.25) is 0 Å². The number of benzene rings is 3. The first kappa shape index (κ1) is 21.6. The number of hydrogen-bond donors (Lipinski definition) is 2. The van der Waals surface area contributed by atoms with Gasteiger partial charge in [0.05, 0.1) is 17.1 Å². The number of H-pyrrole nitrogens is 1. The van der Waals surface area contributed by atoms with Crippen LogP contribution in [0.15, 0.2) is 66.7 Å². The summed E-state index contributed by atoms with van der Waals surface area (Å²) in [6, 6.07) is 19.9. The third-order valence-corrected chi connectivity index (χ3v) is 4.94. The summed E-state index contributed by atoms with van der Waals surface area (Å²) in [7, 11) is 0. The predicted octanol–water partition coefficient (Wildman–Crippen LogP) is 6.39. The Morgan fingerprint density at radius 2 is 1.78 bits per heavy atom. The van der Waals surface area contributed by atoms with Crippen molar-refractivity contribution in [2.24, 2.45) is 0 Å². The maximum absolute atomic E-state index is 12.2. The topological polar surface area (TPSA) is 58.1 Å². The van der Waals surface area contributed by atoms with Crippen LogP contribution in [0.25, 0.3) is 34.3 Å². The fraction of sp³-hybridized carbons (Fsp3) is 0.160. The Bertz CT molecular complexity index is 1240. The van der Waals surface area contributed by atoms with Crippen molar-refractivity contribution in [2.45, 2.75) is 19.2 Å². The van der Waals surface area contributed by atoms with Crippen molar-refractivity contribution in [1.82, 2.24) is 9.97 Å². The number of aliphatic hydroxyl groups is 1. The van der Waals surface area contributed by atoms with E-state index < -0.39 is 18.9 Å². The number of ether oxygens (including phenoxy) is 1. The molecule has 4 rings (SSSR count). The van der Waals surface area contributed by atoms with Crippen molar-refractivity contribution < 1.29 is 23.0 Å². The lowest BCUT2D eigenvalue weighted by Gasteiger charge is -2.11. The van der Waals surface area contributed by atoms with E-state index in [2.05, 4.69) is 9.97 Å². The first-order chi connectivity index (χ1) is 15.3. The van der Waals surface area contributed by atoms with Crippen LogP contribution < -0.4 is 4.74 Å². The van der Waals surface area contributed by atoms with Gasteiger partial charge in [0, 0.05) is 0 Å². The highest BCUT2D eigenvalue weighted by Gasteiger charge is 2.28. The quantitative estimate of drug-likeness (QED) is 0.367. The van der Waals surface area contributed by atoms with Gasteiger partial charge in [0.25, 0.3) is 0 Å². The fourth-order valence-electron chi connectivity index (χ4n) is 3.42. The highest BCUT2D eigenvalue weighted by Crippen LogP contribution is 2.30. The summed E-state index contributed by atoms with van der Waals surface area (Å²) < 4.78 is 41.4. The Balaban J connectivity index is 1.52. The minimum absolute atomic E-state index is 0.160. The standard InChI is InChI=1S/C25H21F3N2O2/c1-16(31)20-4-2-3-5-21(20)18-9-12-22-23(14-18)30-24(29-22)13-8-17-6-10-19(11-7-17)32-15-25(26,27)28/h2-14,16,31H,15H2,1H3,(H,29,30)/b13-8+. The minimum atomic E-state index is -4.36. The second-order valence-electron chi connectivity index (χ2n) is 7.42. The van der Waals surface area contributed by atoms with Crippen molar-refractivity contribution in [3.8, 4) is 16.9 Å². The van der Waals surface area contributed by atoms with Crippen LogP contribution >= 0.6 is 0 Å². The van der Waals surface area contributed by atoms with Gasteiger partial charge in [-0.3, -0.25) is 0 Å². The molecule has 2 N–H and O–H groups in total. The molecule has 0 spiro atoms. The second kappa shape index (κ2) is 8.88. The van der Waals surface area contributed by atoms with Gasteiger partial charge >= 0.3 is 6.18 Å². The number of hydrogen-bond acceptors (Lipinski definition) is 3. The Kier molecular flexibility index (Phi) is 6.01. The van der Waals surface area contributed by atoms with E-state index in [-0.39, 0.29) is 5.75 Å². The van der Waals surface area contributed by atoms with Crippen LogP contribution in [0.2, 0.25) is 0 Å². The summed E-state index contributed by atoms with van der Waals surface area (Å²) >= 11 is 0. The lowest BCUT2D eigenvalue weighted by Crippen LogP contribution is -2.19. The van der Waals surface area contributed by atoms with Gasteiger partial charge in [-0.25, -0.2) is 4.98 Å². The van der Waals surface area contributed by atoms with Crippen molar-refractivity contribution >= 4 is 23.2 Å². The molecule has 1 unspecified atom stereocenters. The largest absolute Gasteiger partial charge is 0.484 e. The minimum Gasteiger partial charge on any atom is -0.484 e. The van der Waals surface area contributed by atoms with Gasteiger partial charge in [-0.1, -0.05) is 48.5 Å². The van der Waals surface area contributed by atoms with Gasteiger partial charge in [-0.2, -0.15) is 13.2 Å². The average Bonchev–Trinajstić information content (AvgIpc) is 3.18. The molecule has 4 aromatic rings. The highest BCUT2D eigenvalue weighted by molar-refractivity contribution is 5.84. The molecule has 1 heterocycles. The number of rotatable bonds is 6. The molecule has 1 aromatic heterocycles. The molecule has 0 fully saturated rings. The number of aliphatic hydroxyl groups excluding tert-OH is 1. The number of halogens is 3. The van der Waals surface area contributed by atoms with Crippen LogP contribution in [0.5, 0.6) is 5.75 Å². The molecule has 164 valence electrons. The Hall–Kier alpha value is -3.58. The van der Waals surface area contributed by atoms with Crippen LogP contribution in [0.4, 0.5) is 13.2 Å². The number of fused-ring (bicyclic) bond motifs is 1. The third-order valence-electron chi connectivity index (χ3n) is 4.94. The van der Waals surface area contributed by atoms with E-state index in [0.717, 1.165) is 33.3 Å². The molecule has 0 aliphatic carbocycles. The van der Waals surface area contributed by atoms with E-state index in [1.54, 1.807) is 25.1 Å². The molecule has 3 aromatic carbocycles. The van der Waals surface area contributed by atoms with Crippen LogP contribution in [-0.4, -0.2) is 27.9 Å². The molecule has 1 atom stereocenters. The Labute approximate surface area is 183 Å². The third kappa shape index (κ3) is 5.18. The van der Waals surface area contributed by atoms with E-state index in [0.29, 0.717) is 5.82 Å². The van der Waals surface area contributed by atoms with Crippen molar-refractivity contribution in [2.75, 3.05) is 6.61 Å². The second-order valence-corrected chi connectivity index (χ2v) is 7.42. The van der Waals surface area contributed by atoms with E-state index >= 15 is 0 Å². The summed E-state index contributed by atoms with van der Waals surface area (Å²) in [5.41, 5.74) is 5.26. The zero-order chi connectivity index (χ0) is 22.7.